The van der Waals surface area contributed by atoms with Gasteiger partial charge < -0.3 is 91.8 Å². The molecule has 2 aromatic rings. The van der Waals surface area contributed by atoms with Gasteiger partial charge in [-0.25, -0.2) is 24.1 Å². The van der Waals surface area contributed by atoms with Crippen molar-refractivity contribution in [2.45, 2.75) is 132 Å². The molecule has 30 nitrogen and oxygen atoms in total. The summed E-state index contributed by atoms with van der Waals surface area (Å²) in [5.74, 6) is -4.99. The number of methoxy groups -OCH3 is 2. The summed E-state index contributed by atoms with van der Waals surface area (Å²) in [4.78, 5) is 116. The van der Waals surface area contributed by atoms with Gasteiger partial charge in [0.2, 0.25) is 11.8 Å². The first-order valence-corrected chi connectivity index (χ1v) is 24.9. The Hall–Kier alpha value is -6.77. The van der Waals surface area contributed by atoms with E-state index >= 15 is 4.79 Å². The van der Waals surface area contributed by atoms with Gasteiger partial charge in [-0.2, -0.15) is 0 Å². The maximum Gasteiger partial charge on any atom is 0.332 e. The minimum Gasteiger partial charge on any atom is -0.497 e. The van der Waals surface area contributed by atoms with E-state index in [4.69, 9.17) is 29.4 Å². The number of nitrogens with one attached hydrogen (secondary N) is 7. The molecule has 3 fully saturated rings. The number of anilines is 1. The van der Waals surface area contributed by atoms with Crippen molar-refractivity contribution in [1.29, 1.82) is 0 Å². The van der Waals surface area contributed by atoms with Crippen molar-refractivity contribution in [1.82, 2.24) is 46.4 Å². The number of rotatable bonds is 24. The minimum absolute atomic E-state index is 0.0480. The molecular formula is C47H70N12O18. The Balaban J connectivity index is 1.29. The fraction of sp³-hybridized carbons (Fsp3) is 0.638. The Morgan fingerprint density at radius 3 is 2.21 bits per heavy atom. The highest BCUT2D eigenvalue weighted by atomic mass is 16.7. The van der Waals surface area contributed by atoms with Gasteiger partial charge in [-0.05, 0) is 56.0 Å². The molecule has 4 aliphatic heterocycles. The molecule has 7 amide bonds. The number of amides is 7. The highest BCUT2D eigenvalue weighted by Crippen LogP contribution is 2.39. The zero-order chi connectivity index (χ0) is 56.6. The number of aliphatic hydroxyl groups excluding tert-OH is 4. The number of H-pyrrole nitrogens is 1. The summed E-state index contributed by atoms with van der Waals surface area (Å²) in [5.41, 5.74) is 4.18. The molecule has 8 unspecified atom stereocenters. The number of aromatic amines is 1. The van der Waals surface area contributed by atoms with Gasteiger partial charge in [0.1, 0.15) is 72.6 Å². The fourth-order valence-electron chi connectivity index (χ4n) is 9.44. The van der Waals surface area contributed by atoms with E-state index in [9.17, 15) is 59.1 Å². The lowest BCUT2D eigenvalue weighted by molar-refractivity contribution is -0.233. The standard InChI is InChI=1S/C47H70N12O18/c1-20(2)27(42(68)69)55-45(70)56-28(24-13-16-51-44(48)52-24)39(66)54-29(31(61)21(3)4)38(65)50-15-8-17-57-30(40(67)59(47(57)72)22-9-11-23(73-6)12-10-22)35(77-43-37(74-7)32(62)25(75-43)19-49-5)36-33(63)34(64)41(76-36)58-18-14-26(60)53-46(58)71/h9-12,14,18,20-21,24-25,27-37,41,43,49,61-64H,8,13,15-17,19H2,1-7H3,(H,50,65)(H,54,66)(H,68,69)(H3,48,51,52)(H,53,60,71)(H2,55,56,70)/t24?,25-,27?,28?,29?,30?,31?,32-,33+,34-,35?,36+,37-,41-,43?/m1/s1. The number of hydrogen-bond acceptors (Lipinski definition) is 21. The van der Waals surface area contributed by atoms with E-state index in [1.54, 1.807) is 34.7 Å². The number of nitrogens with zero attached hydrogens (tertiary/aromatic N) is 4. The molecule has 15 atom stereocenters. The Morgan fingerprint density at radius 1 is 0.909 bits per heavy atom. The average Bonchev–Trinajstić information content (AvgIpc) is 4.00. The lowest BCUT2D eigenvalue weighted by Gasteiger charge is -2.36. The summed E-state index contributed by atoms with van der Waals surface area (Å²) >= 11 is 0. The number of guanidine groups is 1. The van der Waals surface area contributed by atoms with Crippen molar-refractivity contribution in [2.75, 3.05) is 52.3 Å². The predicted molar refractivity (Wildman–Crippen MR) is 268 cm³/mol. The van der Waals surface area contributed by atoms with Crippen LogP contribution in [0.15, 0.2) is 51.1 Å². The fourth-order valence-corrected chi connectivity index (χ4v) is 9.44. The molecule has 0 saturated carbocycles. The molecule has 3 saturated heterocycles. The Morgan fingerprint density at radius 2 is 1.61 bits per heavy atom. The molecule has 426 valence electrons. The third-order valence-corrected chi connectivity index (χ3v) is 13.6. The monoisotopic (exact) mass is 1090 g/mol. The number of urea groups is 2. The average molecular weight is 1090 g/mol. The number of likely N-dealkylation sites (N-methyl/N-ethyl adjacent to an activating group) is 1. The van der Waals surface area contributed by atoms with Crippen LogP contribution in [-0.2, 0) is 38.1 Å². The molecule has 0 radical (unpaired) electrons. The van der Waals surface area contributed by atoms with Gasteiger partial charge in [-0.1, -0.05) is 27.7 Å². The SMILES string of the molecule is CNC[C@H]1OC(OC(C2C(=O)N(c3ccc(OC)cc3)C(=O)N2CCCNC(=O)C(NC(=O)C(NC(=O)NC(C(=O)O)C(C)C)C2CCN=C(N)N2)C(O)C(C)C)[C@H]2O[C@@H](n3ccc(=O)[nH]c3=O)[C@H](O)[C@@H]2O)[C@H](OC)[C@@H]1O. The molecule has 5 heterocycles. The molecule has 1 aromatic carbocycles. The number of benzene rings is 1. The van der Waals surface area contributed by atoms with Crippen molar-refractivity contribution in [3.8, 4) is 5.75 Å². The Kier molecular flexibility index (Phi) is 20.1. The number of aliphatic hydroxyl groups is 4. The van der Waals surface area contributed by atoms with Gasteiger partial charge in [0.05, 0.1) is 24.9 Å². The van der Waals surface area contributed by atoms with Crippen LogP contribution in [0.1, 0.15) is 46.8 Å². The van der Waals surface area contributed by atoms with Gasteiger partial charge in [0, 0.05) is 45.6 Å². The van der Waals surface area contributed by atoms with E-state index in [0.29, 0.717) is 5.75 Å². The van der Waals surface area contributed by atoms with E-state index in [0.717, 1.165) is 26.6 Å². The summed E-state index contributed by atoms with van der Waals surface area (Å²) in [5, 5.41) is 71.1. The first-order valence-electron chi connectivity index (χ1n) is 24.9. The van der Waals surface area contributed by atoms with Crippen LogP contribution in [-0.4, -0.2) is 214 Å². The predicted octanol–water partition coefficient (Wildman–Crippen LogP) is -4.83. The van der Waals surface area contributed by atoms with Crippen LogP contribution in [0.3, 0.4) is 0 Å². The molecule has 0 aliphatic carbocycles. The van der Waals surface area contributed by atoms with E-state index in [-0.39, 0.29) is 50.7 Å². The lowest BCUT2D eigenvalue weighted by atomic mass is 9.97. The van der Waals surface area contributed by atoms with E-state index in [2.05, 4.69) is 36.9 Å². The minimum atomic E-state index is -1.96. The quantitative estimate of drug-likeness (QED) is 0.0346. The van der Waals surface area contributed by atoms with Crippen LogP contribution >= 0.6 is 0 Å². The largest absolute Gasteiger partial charge is 0.497 e. The molecule has 14 N–H and O–H groups in total. The first-order chi connectivity index (χ1) is 36.5. The normalized spacial score (nSPS) is 27.4. The van der Waals surface area contributed by atoms with Crippen LogP contribution in [0.2, 0.25) is 0 Å². The maximum absolute atomic E-state index is 15.0. The third-order valence-electron chi connectivity index (χ3n) is 13.6. The number of aliphatic carboxylic acids is 1. The molecule has 4 aliphatic rings. The third kappa shape index (κ3) is 13.5. The van der Waals surface area contributed by atoms with Gasteiger partial charge >= 0.3 is 23.7 Å². The number of aliphatic imine (C=N–C) groups is 1. The second-order valence-electron chi connectivity index (χ2n) is 19.5. The smallest absolute Gasteiger partial charge is 0.332 e. The first kappa shape index (κ1) is 59.5. The van der Waals surface area contributed by atoms with Gasteiger partial charge in [-0.15, -0.1) is 0 Å². The number of nitrogens with two attached hydrogens (primary N) is 1. The topological polar surface area (TPSA) is 422 Å². The number of carbonyl (C=O) groups is 6. The van der Waals surface area contributed by atoms with Crippen molar-refractivity contribution in [2.24, 2.45) is 22.6 Å². The molecule has 1 aromatic heterocycles. The summed E-state index contributed by atoms with van der Waals surface area (Å²) in [6.45, 7) is 5.90. The highest BCUT2D eigenvalue weighted by Gasteiger charge is 2.59. The summed E-state index contributed by atoms with van der Waals surface area (Å²) in [6, 6.07) is -2.31. The number of imide groups is 1. The van der Waals surface area contributed by atoms with Gasteiger partial charge in [0.15, 0.2) is 18.5 Å². The van der Waals surface area contributed by atoms with E-state index < -0.39 is 150 Å². The molecule has 6 rings (SSSR count). The van der Waals surface area contributed by atoms with Crippen molar-refractivity contribution >= 4 is 47.4 Å². The number of aromatic nitrogens is 2. The number of ether oxygens (including phenoxy) is 5. The van der Waals surface area contributed by atoms with Crippen LogP contribution in [0.5, 0.6) is 5.75 Å². The molecule has 0 bridgehead atoms. The number of carbonyl (C=O) groups excluding carboxylic acids is 5. The molecule has 30 heteroatoms. The molecule has 77 heavy (non-hydrogen) atoms. The van der Waals surface area contributed by atoms with Crippen LogP contribution in [0.4, 0.5) is 15.3 Å². The molecule has 0 spiro atoms. The Labute approximate surface area is 441 Å². The van der Waals surface area contributed by atoms with Crippen LogP contribution in [0, 0.1) is 11.8 Å². The van der Waals surface area contributed by atoms with Crippen molar-refractivity contribution in [3.63, 3.8) is 0 Å². The Bertz CT molecular complexity index is 2570. The summed E-state index contributed by atoms with van der Waals surface area (Å²) in [6.07, 6.45) is -14.7. The maximum atomic E-state index is 15.0. The van der Waals surface area contributed by atoms with Gasteiger partial charge in [-0.3, -0.25) is 33.7 Å². The summed E-state index contributed by atoms with van der Waals surface area (Å²) < 4.78 is 30.4. The van der Waals surface area contributed by atoms with Crippen molar-refractivity contribution in [3.05, 3.63) is 57.4 Å². The zero-order valence-electron chi connectivity index (χ0n) is 43.4. The highest BCUT2D eigenvalue weighted by molar-refractivity contribution is 6.21. The van der Waals surface area contributed by atoms with Crippen LogP contribution in [0.25, 0.3) is 0 Å². The molecular weight excluding hydrogens is 1020 g/mol. The lowest BCUT2D eigenvalue weighted by Crippen LogP contribution is -2.66. The van der Waals surface area contributed by atoms with E-state index in [1.165, 1.54) is 38.5 Å². The second-order valence-corrected chi connectivity index (χ2v) is 19.5. The van der Waals surface area contributed by atoms with E-state index in [1.807, 2.05) is 4.98 Å². The number of carboxylic acids is 1. The van der Waals surface area contributed by atoms with Crippen LogP contribution < -0.4 is 58.5 Å². The number of hydrogen-bond donors (Lipinski definition) is 13. The number of carboxylic acid groups (broad SMARTS) is 1. The zero-order valence-corrected chi connectivity index (χ0v) is 43.4. The summed E-state index contributed by atoms with van der Waals surface area (Å²) in [7, 11) is 4.28. The second kappa shape index (κ2) is 26.0. The van der Waals surface area contributed by atoms with Gasteiger partial charge in [0.25, 0.3) is 11.5 Å². The van der Waals surface area contributed by atoms with Crippen molar-refractivity contribution < 1.29 is 78.0 Å².